The van der Waals surface area contributed by atoms with Gasteiger partial charge in [-0.2, -0.15) is 0 Å². The Kier molecular flexibility index (Phi) is 1.70. The van der Waals surface area contributed by atoms with Crippen LogP contribution in [0.2, 0.25) is 0 Å². The molecule has 13 heavy (non-hydrogen) atoms. The van der Waals surface area contributed by atoms with Gasteiger partial charge in [-0.05, 0) is 33.6 Å². The fourth-order valence-electron chi connectivity index (χ4n) is 1.62. The van der Waals surface area contributed by atoms with Gasteiger partial charge in [-0.15, -0.1) is 5.10 Å². The number of aliphatic hydroxyl groups is 1. The molecule has 0 saturated heterocycles. The van der Waals surface area contributed by atoms with Crippen molar-refractivity contribution in [3.63, 3.8) is 0 Å². The number of nitrogens with zero attached hydrogens (tertiary/aromatic N) is 3. The van der Waals surface area contributed by atoms with Gasteiger partial charge in [0.25, 0.3) is 0 Å². The highest BCUT2D eigenvalue weighted by molar-refractivity contribution is 5.22. The number of rotatable bonds is 2. The minimum Gasteiger partial charge on any atom is -0.383 e. The van der Waals surface area contributed by atoms with Gasteiger partial charge in [0.1, 0.15) is 11.3 Å². The highest BCUT2D eigenvalue weighted by Gasteiger charge is 2.46. The summed E-state index contributed by atoms with van der Waals surface area (Å²) in [4.78, 5) is 0. The highest BCUT2D eigenvalue weighted by Crippen LogP contribution is 2.45. The first-order valence-corrected chi connectivity index (χ1v) is 4.69. The molecule has 1 N–H and O–H groups in total. The van der Waals surface area contributed by atoms with Crippen molar-refractivity contribution in [1.29, 1.82) is 0 Å². The number of aromatic nitrogens is 3. The molecular formula is C9H15N3O. The second-order valence-corrected chi connectivity index (χ2v) is 4.09. The highest BCUT2D eigenvalue weighted by atomic mass is 16.3. The molecule has 0 bridgehead atoms. The SMILES string of the molecule is Cc1c(C2(O)CC2)nnn1C(C)C. The second-order valence-electron chi connectivity index (χ2n) is 4.09. The molecule has 0 unspecified atom stereocenters. The van der Waals surface area contributed by atoms with Gasteiger partial charge in [0, 0.05) is 6.04 Å². The van der Waals surface area contributed by atoms with E-state index in [0.29, 0.717) is 6.04 Å². The van der Waals surface area contributed by atoms with Gasteiger partial charge in [-0.1, -0.05) is 5.21 Å². The van der Waals surface area contributed by atoms with E-state index in [1.54, 1.807) is 0 Å². The van der Waals surface area contributed by atoms with Crippen molar-refractivity contribution in [2.45, 2.75) is 45.3 Å². The zero-order valence-corrected chi connectivity index (χ0v) is 8.28. The molecular weight excluding hydrogens is 166 g/mol. The van der Waals surface area contributed by atoms with Crippen LogP contribution in [0.25, 0.3) is 0 Å². The quantitative estimate of drug-likeness (QED) is 0.744. The second kappa shape index (κ2) is 2.54. The van der Waals surface area contributed by atoms with Gasteiger partial charge >= 0.3 is 0 Å². The van der Waals surface area contributed by atoms with Crippen LogP contribution in [0.4, 0.5) is 0 Å². The molecule has 0 aliphatic heterocycles. The maximum Gasteiger partial charge on any atom is 0.117 e. The monoisotopic (exact) mass is 181 g/mol. The Balaban J connectivity index is 2.39. The third kappa shape index (κ3) is 1.25. The molecule has 72 valence electrons. The van der Waals surface area contributed by atoms with Crippen LogP contribution >= 0.6 is 0 Å². The van der Waals surface area contributed by atoms with Crippen molar-refractivity contribution in [2.75, 3.05) is 0 Å². The van der Waals surface area contributed by atoms with Crippen LogP contribution < -0.4 is 0 Å². The van der Waals surface area contributed by atoms with E-state index in [0.717, 1.165) is 24.2 Å². The van der Waals surface area contributed by atoms with E-state index < -0.39 is 5.60 Å². The van der Waals surface area contributed by atoms with Gasteiger partial charge in [-0.25, -0.2) is 4.68 Å². The maximum absolute atomic E-state index is 9.86. The summed E-state index contributed by atoms with van der Waals surface area (Å²) in [5, 5.41) is 17.9. The Morgan fingerprint density at radius 3 is 2.46 bits per heavy atom. The molecule has 2 rings (SSSR count). The lowest BCUT2D eigenvalue weighted by molar-refractivity contribution is 0.145. The van der Waals surface area contributed by atoms with E-state index in [4.69, 9.17) is 0 Å². The zero-order chi connectivity index (χ0) is 9.64. The molecule has 1 fully saturated rings. The van der Waals surface area contributed by atoms with Crippen molar-refractivity contribution in [3.05, 3.63) is 11.4 Å². The first-order valence-electron chi connectivity index (χ1n) is 4.69. The lowest BCUT2D eigenvalue weighted by atomic mass is 10.2. The van der Waals surface area contributed by atoms with Crippen LogP contribution in [-0.4, -0.2) is 20.1 Å². The third-order valence-electron chi connectivity index (χ3n) is 2.58. The largest absolute Gasteiger partial charge is 0.383 e. The molecule has 1 heterocycles. The molecule has 4 heteroatoms. The van der Waals surface area contributed by atoms with Crippen LogP contribution in [-0.2, 0) is 5.60 Å². The Labute approximate surface area is 77.6 Å². The molecule has 0 atom stereocenters. The van der Waals surface area contributed by atoms with Crippen molar-refractivity contribution >= 4 is 0 Å². The normalized spacial score (nSPS) is 19.5. The first-order chi connectivity index (χ1) is 6.04. The van der Waals surface area contributed by atoms with Crippen molar-refractivity contribution < 1.29 is 5.11 Å². The van der Waals surface area contributed by atoms with E-state index in [2.05, 4.69) is 24.2 Å². The molecule has 1 saturated carbocycles. The van der Waals surface area contributed by atoms with Crippen LogP contribution in [0, 0.1) is 6.92 Å². The number of hydrogen-bond acceptors (Lipinski definition) is 3. The van der Waals surface area contributed by atoms with Crippen molar-refractivity contribution in [1.82, 2.24) is 15.0 Å². The first kappa shape index (κ1) is 8.69. The van der Waals surface area contributed by atoms with Crippen LogP contribution in [0.15, 0.2) is 0 Å². The molecule has 4 nitrogen and oxygen atoms in total. The summed E-state index contributed by atoms with van der Waals surface area (Å²) in [6.45, 7) is 6.08. The van der Waals surface area contributed by atoms with Crippen LogP contribution in [0.5, 0.6) is 0 Å². The minimum absolute atomic E-state index is 0.309. The van der Waals surface area contributed by atoms with E-state index in [-0.39, 0.29) is 0 Å². The maximum atomic E-state index is 9.86. The average molecular weight is 181 g/mol. The summed E-state index contributed by atoms with van der Waals surface area (Å²) in [6.07, 6.45) is 1.65. The third-order valence-corrected chi connectivity index (χ3v) is 2.58. The molecule has 0 radical (unpaired) electrons. The van der Waals surface area contributed by atoms with Crippen LogP contribution in [0.1, 0.15) is 44.1 Å². The van der Waals surface area contributed by atoms with Crippen LogP contribution in [0.3, 0.4) is 0 Å². The predicted octanol–water partition coefficient (Wildman–Crippen LogP) is 1.15. The fraction of sp³-hybridized carbons (Fsp3) is 0.778. The average Bonchev–Trinajstić information content (AvgIpc) is 2.63. The van der Waals surface area contributed by atoms with Gasteiger partial charge in [0.2, 0.25) is 0 Å². The predicted molar refractivity (Wildman–Crippen MR) is 48.3 cm³/mol. The van der Waals surface area contributed by atoms with Gasteiger partial charge < -0.3 is 5.11 Å². The molecule has 0 amide bonds. The topological polar surface area (TPSA) is 50.9 Å². The Morgan fingerprint density at radius 1 is 1.46 bits per heavy atom. The van der Waals surface area contributed by atoms with E-state index in [1.807, 2.05) is 11.6 Å². The molecule has 1 aliphatic carbocycles. The summed E-state index contributed by atoms with van der Waals surface area (Å²) in [5.41, 5.74) is 1.10. The summed E-state index contributed by atoms with van der Waals surface area (Å²) in [7, 11) is 0. The summed E-state index contributed by atoms with van der Waals surface area (Å²) in [6, 6.07) is 0.309. The molecule has 1 aromatic rings. The van der Waals surface area contributed by atoms with Gasteiger partial charge in [0.15, 0.2) is 0 Å². The zero-order valence-electron chi connectivity index (χ0n) is 8.28. The fourth-order valence-corrected chi connectivity index (χ4v) is 1.62. The van der Waals surface area contributed by atoms with E-state index in [9.17, 15) is 5.11 Å². The lowest BCUT2D eigenvalue weighted by Gasteiger charge is -2.08. The smallest absolute Gasteiger partial charge is 0.117 e. The standard InChI is InChI=1S/C9H15N3O/c1-6(2)12-7(3)8(10-11-12)9(13)4-5-9/h6,13H,4-5H2,1-3H3. The summed E-state index contributed by atoms with van der Waals surface area (Å²) in [5.74, 6) is 0. The number of hydrogen-bond donors (Lipinski definition) is 1. The summed E-state index contributed by atoms with van der Waals surface area (Å²) < 4.78 is 1.85. The van der Waals surface area contributed by atoms with Gasteiger partial charge in [-0.3, -0.25) is 0 Å². The lowest BCUT2D eigenvalue weighted by Crippen LogP contribution is -2.09. The molecule has 0 spiro atoms. The van der Waals surface area contributed by atoms with E-state index >= 15 is 0 Å². The molecule has 1 aromatic heterocycles. The summed E-state index contributed by atoms with van der Waals surface area (Å²) >= 11 is 0. The van der Waals surface area contributed by atoms with Crippen molar-refractivity contribution in [2.24, 2.45) is 0 Å². The van der Waals surface area contributed by atoms with Gasteiger partial charge in [0.05, 0.1) is 5.69 Å². The van der Waals surface area contributed by atoms with E-state index in [1.165, 1.54) is 0 Å². The molecule has 1 aliphatic rings. The molecule has 0 aromatic carbocycles. The Hall–Kier alpha value is -0.900. The van der Waals surface area contributed by atoms with Crippen molar-refractivity contribution in [3.8, 4) is 0 Å². The Morgan fingerprint density at radius 2 is 2.08 bits per heavy atom. The Bertz CT molecular complexity index is 326. The minimum atomic E-state index is -0.656.